The molecule has 4 heteroatoms. The molecule has 2 aliphatic heterocycles. The number of nitrogens with zero attached hydrogens (tertiary/aromatic N) is 1. The Hall–Kier alpha value is -1.55. The summed E-state index contributed by atoms with van der Waals surface area (Å²) in [4.78, 5) is 14.5. The molecule has 0 aromatic heterocycles. The van der Waals surface area contributed by atoms with E-state index >= 15 is 0 Å². The van der Waals surface area contributed by atoms with Gasteiger partial charge in [0.15, 0.2) is 0 Å². The highest BCUT2D eigenvalue weighted by Crippen LogP contribution is 2.39. The Balaban J connectivity index is 2.13. The van der Waals surface area contributed by atoms with Gasteiger partial charge in [0, 0.05) is 44.0 Å². The summed E-state index contributed by atoms with van der Waals surface area (Å²) in [6.45, 7) is 5.19. The number of carbonyl (C=O) groups is 1. The van der Waals surface area contributed by atoms with Crippen molar-refractivity contribution in [1.29, 1.82) is 0 Å². The minimum absolute atomic E-state index is 0.0340. The molecule has 3 rings (SSSR count). The van der Waals surface area contributed by atoms with Gasteiger partial charge in [0.2, 0.25) is 0 Å². The largest absolute Gasteiger partial charge is 0.366 e. The summed E-state index contributed by atoms with van der Waals surface area (Å²) in [6, 6.07) is 4.63. The molecule has 2 N–H and O–H groups in total. The van der Waals surface area contributed by atoms with Crippen molar-refractivity contribution in [2.75, 3.05) is 25.0 Å². The van der Waals surface area contributed by atoms with Crippen molar-refractivity contribution in [3.8, 4) is 0 Å². The first-order valence-electron chi connectivity index (χ1n) is 7.10. The minimum Gasteiger partial charge on any atom is -0.366 e. The van der Waals surface area contributed by atoms with Crippen molar-refractivity contribution < 1.29 is 4.79 Å². The zero-order valence-corrected chi connectivity index (χ0v) is 11.6. The van der Waals surface area contributed by atoms with Crippen molar-refractivity contribution in [1.82, 2.24) is 10.6 Å². The smallest absolute Gasteiger partial charge is 0.251 e. The van der Waals surface area contributed by atoms with Gasteiger partial charge in [-0.3, -0.25) is 4.79 Å². The van der Waals surface area contributed by atoms with Crippen LogP contribution < -0.4 is 15.5 Å². The van der Waals surface area contributed by atoms with Gasteiger partial charge in [0.1, 0.15) is 0 Å². The molecule has 0 saturated carbocycles. The molecule has 0 saturated heterocycles. The predicted octanol–water partition coefficient (Wildman–Crippen LogP) is 1.29. The van der Waals surface area contributed by atoms with Crippen LogP contribution >= 0.6 is 0 Å². The van der Waals surface area contributed by atoms with Crippen molar-refractivity contribution in [2.45, 2.75) is 32.4 Å². The van der Waals surface area contributed by atoms with Crippen LogP contribution in [0.3, 0.4) is 0 Å². The Morgan fingerprint density at radius 1 is 1.53 bits per heavy atom. The Bertz CT molecular complexity index is 512. The van der Waals surface area contributed by atoms with E-state index in [9.17, 15) is 4.79 Å². The fourth-order valence-corrected chi connectivity index (χ4v) is 3.35. The van der Waals surface area contributed by atoms with E-state index in [1.807, 2.05) is 6.07 Å². The fraction of sp³-hybridized carbons (Fsp3) is 0.533. The highest BCUT2D eigenvalue weighted by molar-refractivity contribution is 5.98. The zero-order chi connectivity index (χ0) is 13.4. The van der Waals surface area contributed by atoms with Crippen LogP contribution in [-0.4, -0.2) is 32.1 Å². The van der Waals surface area contributed by atoms with Crippen LogP contribution in [0.4, 0.5) is 5.69 Å². The summed E-state index contributed by atoms with van der Waals surface area (Å²) >= 11 is 0. The molecule has 19 heavy (non-hydrogen) atoms. The summed E-state index contributed by atoms with van der Waals surface area (Å²) in [6.07, 6.45) is 2.13. The maximum absolute atomic E-state index is 12.0. The lowest BCUT2D eigenvalue weighted by Crippen LogP contribution is -2.35. The van der Waals surface area contributed by atoms with Gasteiger partial charge < -0.3 is 15.5 Å². The average molecular weight is 259 g/mol. The Kier molecular flexibility index (Phi) is 3.19. The van der Waals surface area contributed by atoms with Gasteiger partial charge in [-0.15, -0.1) is 0 Å². The van der Waals surface area contributed by atoms with Crippen LogP contribution in [0.2, 0.25) is 0 Å². The number of hydrogen-bond donors (Lipinski definition) is 2. The average Bonchev–Trinajstić information content (AvgIpc) is 2.67. The maximum Gasteiger partial charge on any atom is 0.251 e. The molecule has 2 aliphatic rings. The van der Waals surface area contributed by atoms with Gasteiger partial charge in [-0.1, -0.05) is 13.0 Å². The lowest BCUT2D eigenvalue weighted by molar-refractivity contribution is 0.0962. The monoisotopic (exact) mass is 259 g/mol. The molecule has 1 unspecified atom stereocenters. The predicted molar refractivity (Wildman–Crippen MR) is 76.7 cm³/mol. The van der Waals surface area contributed by atoms with Crippen molar-refractivity contribution in [2.24, 2.45) is 0 Å². The number of hydrogen-bond acceptors (Lipinski definition) is 3. The van der Waals surface area contributed by atoms with Crippen molar-refractivity contribution >= 4 is 11.6 Å². The molecule has 2 heterocycles. The second-order valence-electron chi connectivity index (χ2n) is 5.31. The van der Waals surface area contributed by atoms with Crippen molar-refractivity contribution in [3.05, 3.63) is 28.8 Å². The molecule has 0 bridgehead atoms. The molecule has 0 radical (unpaired) electrons. The zero-order valence-electron chi connectivity index (χ0n) is 11.6. The topological polar surface area (TPSA) is 44.4 Å². The third-order valence-electron chi connectivity index (χ3n) is 4.32. The third kappa shape index (κ3) is 1.91. The first-order valence-corrected chi connectivity index (χ1v) is 7.10. The van der Waals surface area contributed by atoms with E-state index < -0.39 is 0 Å². The summed E-state index contributed by atoms with van der Waals surface area (Å²) in [7, 11) is 1.70. The first-order chi connectivity index (χ1) is 9.26. The molecule has 1 aromatic carbocycles. The van der Waals surface area contributed by atoms with E-state index in [2.05, 4.69) is 28.5 Å². The Morgan fingerprint density at radius 3 is 3.11 bits per heavy atom. The van der Waals surface area contributed by atoms with E-state index in [1.54, 1.807) is 7.05 Å². The van der Waals surface area contributed by atoms with Gasteiger partial charge in [-0.25, -0.2) is 0 Å². The van der Waals surface area contributed by atoms with Gasteiger partial charge >= 0.3 is 0 Å². The SMILES string of the molecule is CCC1Cc2c(C(=O)NC)ccc3c2N1CCNC3. The maximum atomic E-state index is 12.0. The number of benzene rings is 1. The van der Waals surface area contributed by atoms with Gasteiger partial charge in [0.05, 0.1) is 0 Å². The van der Waals surface area contributed by atoms with Gasteiger partial charge in [-0.05, 0) is 30.0 Å². The minimum atomic E-state index is 0.0340. The van der Waals surface area contributed by atoms with Crippen LogP contribution in [0.1, 0.15) is 34.8 Å². The molecule has 1 aromatic rings. The lowest BCUT2D eigenvalue weighted by Gasteiger charge is -2.26. The molecule has 0 aliphatic carbocycles. The summed E-state index contributed by atoms with van der Waals surface area (Å²) in [5.41, 5.74) is 4.74. The second kappa shape index (κ2) is 4.85. The highest BCUT2D eigenvalue weighted by atomic mass is 16.1. The number of amides is 1. The number of anilines is 1. The molecular weight excluding hydrogens is 238 g/mol. The van der Waals surface area contributed by atoms with Crippen LogP contribution in [0.15, 0.2) is 12.1 Å². The van der Waals surface area contributed by atoms with Crippen LogP contribution in [0.5, 0.6) is 0 Å². The van der Waals surface area contributed by atoms with Crippen molar-refractivity contribution in [3.63, 3.8) is 0 Å². The fourth-order valence-electron chi connectivity index (χ4n) is 3.35. The van der Waals surface area contributed by atoms with Crippen LogP contribution in [-0.2, 0) is 13.0 Å². The Morgan fingerprint density at radius 2 is 2.37 bits per heavy atom. The van der Waals surface area contributed by atoms with Gasteiger partial charge in [-0.2, -0.15) is 0 Å². The van der Waals surface area contributed by atoms with E-state index in [1.165, 1.54) is 16.8 Å². The number of nitrogens with one attached hydrogen (secondary N) is 2. The summed E-state index contributed by atoms with van der Waals surface area (Å²) in [5, 5.41) is 6.22. The standard InChI is InChI=1S/C15H21N3O/c1-3-11-8-13-12(15(19)16-2)5-4-10-9-17-6-7-18(11)14(10)13/h4-5,11,17H,3,6-9H2,1-2H3,(H,16,19). The normalized spacial score (nSPS) is 20.9. The van der Waals surface area contributed by atoms with Gasteiger partial charge in [0.25, 0.3) is 5.91 Å². The lowest BCUT2D eigenvalue weighted by atomic mass is 9.98. The van der Waals surface area contributed by atoms with E-state index in [0.717, 1.165) is 38.0 Å². The molecule has 1 amide bonds. The third-order valence-corrected chi connectivity index (χ3v) is 4.32. The number of rotatable bonds is 2. The van der Waals surface area contributed by atoms with Crippen LogP contribution in [0.25, 0.3) is 0 Å². The van der Waals surface area contributed by atoms with Crippen LogP contribution in [0, 0.1) is 0 Å². The Labute approximate surface area is 114 Å². The molecule has 0 fully saturated rings. The summed E-state index contributed by atoms with van der Waals surface area (Å²) < 4.78 is 0. The molecule has 1 atom stereocenters. The van der Waals surface area contributed by atoms with E-state index in [0.29, 0.717) is 6.04 Å². The number of carbonyl (C=O) groups excluding carboxylic acids is 1. The second-order valence-corrected chi connectivity index (χ2v) is 5.31. The molecule has 0 spiro atoms. The quantitative estimate of drug-likeness (QED) is 0.841. The first kappa shape index (κ1) is 12.5. The molecule has 102 valence electrons. The van der Waals surface area contributed by atoms with E-state index in [-0.39, 0.29) is 5.91 Å². The van der Waals surface area contributed by atoms with E-state index in [4.69, 9.17) is 0 Å². The molecule has 4 nitrogen and oxygen atoms in total. The molecular formula is C15H21N3O. The summed E-state index contributed by atoms with van der Waals surface area (Å²) in [5.74, 6) is 0.0340. The highest BCUT2D eigenvalue weighted by Gasteiger charge is 2.33.